The van der Waals surface area contributed by atoms with E-state index in [9.17, 15) is 9.18 Å². The summed E-state index contributed by atoms with van der Waals surface area (Å²) in [5, 5.41) is 12.5. The highest BCUT2D eigenvalue weighted by molar-refractivity contribution is 5.90. The molecule has 3 rings (SSSR count). The fourth-order valence-corrected chi connectivity index (χ4v) is 2.40. The summed E-state index contributed by atoms with van der Waals surface area (Å²) in [7, 11) is 0. The molecular weight excluding hydrogens is 321 g/mol. The average Bonchev–Trinajstić information content (AvgIpc) is 3.07. The Hall–Kier alpha value is -3.22. The Morgan fingerprint density at radius 3 is 2.68 bits per heavy atom. The van der Waals surface area contributed by atoms with Gasteiger partial charge in [-0.2, -0.15) is 5.10 Å². The number of hydrogen-bond acceptors (Lipinski definition) is 3. The van der Waals surface area contributed by atoms with Gasteiger partial charge in [0.1, 0.15) is 5.82 Å². The molecule has 0 radical (unpaired) electrons. The van der Waals surface area contributed by atoms with Gasteiger partial charge in [0.2, 0.25) is 0 Å². The van der Waals surface area contributed by atoms with Gasteiger partial charge in [0.25, 0.3) is 0 Å². The van der Waals surface area contributed by atoms with Crippen LogP contribution in [0.2, 0.25) is 0 Å². The van der Waals surface area contributed by atoms with Gasteiger partial charge in [-0.15, -0.1) is 0 Å². The van der Waals surface area contributed by atoms with Gasteiger partial charge in [-0.1, -0.05) is 6.07 Å². The predicted octanol–water partition coefficient (Wildman–Crippen LogP) is 3.73. The molecule has 0 aliphatic rings. The number of benzene rings is 2. The van der Waals surface area contributed by atoms with E-state index in [-0.39, 0.29) is 11.8 Å². The molecule has 25 heavy (non-hydrogen) atoms. The van der Waals surface area contributed by atoms with Crippen molar-refractivity contribution in [3.63, 3.8) is 0 Å². The second-order valence-corrected chi connectivity index (χ2v) is 5.53. The van der Waals surface area contributed by atoms with Gasteiger partial charge in [-0.05, 0) is 55.8 Å². The van der Waals surface area contributed by atoms with Crippen LogP contribution in [0.15, 0.2) is 42.5 Å². The van der Waals surface area contributed by atoms with E-state index in [1.165, 1.54) is 12.1 Å². The molecule has 0 fully saturated rings. The lowest BCUT2D eigenvalue weighted by atomic mass is 10.1. The van der Waals surface area contributed by atoms with Gasteiger partial charge in [0.05, 0.1) is 0 Å². The summed E-state index contributed by atoms with van der Waals surface area (Å²) in [6.07, 6.45) is 0. The Balaban J connectivity index is 1.88. The summed E-state index contributed by atoms with van der Waals surface area (Å²) >= 11 is 0. The van der Waals surface area contributed by atoms with E-state index in [1.54, 1.807) is 12.1 Å². The third-order valence-corrected chi connectivity index (χ3v) is 3.68. The summed E-state index contributed by atoms with van der Waals surface area (Å²) in [5.74, 6) is 0.757. The van der Waals surface area contributed by atoms with E-state index in [1.807, 2.05) is 32.0 Å². The van der Waals surface area contributed by atoms with Gasteiger partial charge < -0.3 is 10.6 Å². The molecule has 0 spiro atoms. The average molecular weight is 339 g/mol. The highest BCUT2D eigenvalue weighted by atomic mass is 19.1. The monoisotopic (exact) mass is 339 g/mol. The topological polar surface area (TPSA) is 82.7 Å². The Labute approximate surface area is 144 Å². The number of nitrogens with one attached hydrogen (secondary N) is 3. The van der Waals surface area contributed by atoms with E-state index in [0.717, 1.165) is 16.7 Å². The van der Waals surface area contributed by atoms with Crippen molar-refractivity contribution >= 4 is 11.7 Å². The summed E-state index contributed by atoms with van der Waals surface area (Å²) in [4.78, 5) is 16.2. The second-order valence-electron chi connectivity index (χ2n) is 5.53. The number of hydrogen-bond donors (Lipinski definition) is 3. The van der Waals surface area contributed by atoms with Gasteiger partial charge in [-0.3, -0.25) is 5.10 Å². The number of amides is 2. The van der Waals surface area contributed by atoms with Gasteiger partial charge in [0, 0.05) is 23.4 Å². The van der Waals surface area contributed by atoms with Crippen molar-refractivity contribution in [2.75, 3.05) is 11.9 Å². The summed E-state index contributed by atoms with van der Waals surface area (Å²) in [6.45, 7) is 4.35. The zero-order valence-corrected chi connectivity index (χ0v) is 13.9. The lowest BCUT2D eigenvalue weighted by Crippen LogP contribution is -2.28. The molecule has 1 aromatic heterocycles. The minimum atomic E-state index is -0.306. The summed E-state index contributed by atoms with van der Waals surface area (Å²) in [5.41, 5.74) is 3.20. The number of nitrogens with zero attached hydrogens (tertiary/aromatic N) is 2. The third-order valence-electron chi connectivity index (χ3n) is 3.68. The van der Waals surface area contributed by atoms with Crippen LogP contribution in [0.1, 0.15) is 12.5 Å². The normalized spacial score (nSPS) is 10.5. The third kappa shape index (κ3) is 3.82. The number of rotatable bonds is 4. The summed E-state index contributed by atoms with van der Waals surface area (Å²) in [6, 6.07) is 11.3. The zero-order chi connectivity index (χ0) is 17.8. The first-order valence-electron chi connectivity index (χ1n) is 7.91. The number of carbonyl (C=O) groups is 1. The first kappa shape index (κ1) is 16.6. The molecule has 2 aromatic carbocycles. The summed E-state index contributed by atoms with van der Waals surface area (Å²) < 4.78 is 13.0. The van der Waals surface area contributed by atoms with Crippen LogP contribution in [0.3, 0.4) is 0 Å². The zero-order valence-electron chi connectivity index (χ0n) is 13.9. The van der Waals surface area contributed by atoms with Crippen molar-refractivity contribution in [2.24, 2.45) is 0 Å². The maximum Gasteiger partial charge on any atom is 0.319 e. The standard InChI is InChI=1S/C18H18FN5O/c1-3-20-18(25)21-14-9-4-11(2)15(10-14)17-22-16(23-24-17)12-5-7-13(19)8-6-12/h4-10H,3H2,1-2H3,(H2,20,21,25)(H,22,23,24). The first-order chi connectivity index (χ1) is 12.1. The molecule has 0 bridgehead atoms. The van der Waals surface area contributed by atoms with E-state index >= 15 is 0 Å². The number of aromatic amines is 1. The molecule has 6 nitrogen and oxygen atoms in total. The Morgan fingerprint density at radius 1 is 1.20 bits per heavy atom. The van der Waals surface area contributed by atoms with E-state index in [0.29, 0.717) is 23.9 Å². The molecule has 3 aromatic rings. The molecular formula is C18H18FN5O. The molecule has 3 N–H and O–H groups in total. The largest absolute Gasteiger partial charge is 0.338 e. The molecule has 0 saturated heterocycles. The van der Waals surface area contributed by atoms with Crippen LogP contribution >= 0.6 is 0 Å². The molecule has 2 amide bonds. The quantitative estimate of drug-likeness (QED) is 0.677. The molecule has 1 heterocycles. The van der Waals surface area contributed by atoms with Crippen molar-refractivity contribution < 1.29 is 9.18 Å². The van der Waals surface area contributed by atoms with Gasteiger partial charge >= 0.3 is 6.03 Å². The first-order valence-corrected chi connectivity index (χ1v) is 7.91. The van der Waals surface area contributed by atoms with Gasteiger partial charge in [0.15, 0.2) is 11.6 Å². The number of aromatic nitrogens is 3. The molecule has 0 aliphatic carbocycles. The molecule has 7 heteroatoms. The molecule has 0 aliphatic heterocycles. The Morgan fingerprint density at radius 2 is 1.96 bits per heavy atom. The van der Waals surface area contributed by atoms with Crippen LogP contribution in [0, 0.1) is 12.7 Å². The number of aryl methyl sites for hydroxylation is 1. The second kappa shape index (κ2) is 7.12. The smallest absolute Gasteiger partial charge is 0.319 e. The van der Waals surface area contributed by atoms with Crippen molar-refractivity contribution in [2.45, 2.75) is 13.8 Å². The number of anilines is 1. The lowest BCUT2D eigenvalue weighted by Gasteiger charge is -2.09. The predicted molar refractivity (Wildman–Crippen MR) is 94.6 cm³/mol. The molecule has 0 saturated carbocycles. The minimum absolute atomic E-state index is 0.262. The highest BCUT2D eigenvalue weighted by Gasteiger charge is 2.11. The van der Waals surface area contributed by atoms with Crippen LogP contribution in [-0.2, 0) is 0 Å². The van der Waals surface area contributed by atoms with Crippen LogP contribution in [0.5, 0.6) is 0 Å². The fraction of sp³-hybridized carbons (Fsp3) is 0.167. The SMILES string of the molecule is CCNC(=O)Nc1ccc(C)c(-c2nc(-c3ccc(F)cc3)n[nH]2)c1. The minimum Gasteiger partial charge on any atom is -0.338 e. The maximum absolute atomic E-state index is 13.0. The highest BCUT2D eigenvalue weighted by Crippen LogP contribution is 2.26. The van der Waals surface area contributed by atoms with E-state index < -0.39 is 0 Å². The van der Waals surface area contributed by atoms with Crippen LogP contribution in [-0.4, -0.2) is 27.8 Å². The molecule has 128 valence electrons. The van der Waals surface area contributed by atoms with Crippen molar-refractivity contribution in [3.8, 4) is 22.8 Å². The van der Waals surface area contributed by atoms with Crippen molar-refractivity contribution in [1.82, 2.24) is 20.5 Å². The van der Waals surface area contributed by atoms with Crippen LogP contribution < -0.4 is 10.6 Å². The Kier molecular flexibility index (Phi) is 4.74. The van der Waals surface area contributed by atoms with Crippen LogP contribution in [0.4, 0.5) is 14.9 Å². The fourth-order valence-electron chi connectivity index (χ4n) is 2.40. The molecule has 0 unspecified atom stereocenters. The van der Waals surface area contributed by atoms with Gasteiger partial charge in [-0.25, -0.2) is 14.2 Å². The maximum atomic E-state index is 13.0. The number of carbonyl (C=O) groups excluding carboxylic acids is 1. The Bertz CT molecular complexity index is 889. The number of halogens is 1. The molecule has 0 atom stereocenters. The lowest BCUT2D eigenvalue weighted by molar-refractivity contribution is 0.252. The number of H-pyrrole nitrogens is 1. The van der Waals surface area contributed by atoms with Crippen molar-refractivity contribution in [1.29, 1.82) is 0 Å². The van der Waals surface area contributed by atoms with Crippen LogP contribution in [0.25, 0.3) is 22.8 Å². The van der Waals surface area contributed by atoms with E-state index in [2.05, 4.69) is 25.8 Å². The number of urea groups is 1. The van der Waals surface area contributed by atoms with Crippen molar-refractivity contribution in [3.05, 3.63) is 53.8 Å². The van der Waals surface area contributed by atoms with E-state index in [4.69, 9.17) is 0 Å².